The van der Waals surface area contributed by atoms with Gasteiger partial charge in [-0.2, -0.15) is 0 Å². The van der Waals surface area contributed by atoms with Crippen LogP contribution in [0.25, 0.3) is 10.9 Å². The van der Waals surface area contributed by atoms with E-state index in [9.17, 15) is 14.4 Å². The number of benzene rings is 2. The molecule has 168 valence electrons. The van der Waals surface area contributed by atoms with Crippen LogP contribution in [0.5, 0.6) is 11.5 Å². The van der Waals surface area contributed by atoms with Gasteiger partial charge in [-0.25, -0.2) is 4.98 Å². The Kier molecular flexibility index (Phi) is 7.43. The quantitative estimate of drug-likeness (QED) is 0.524. The topological polar surface area (TPSA) is 112 Å². The van der Waals surface area contributed by atoms with Crippen molar-refractivity contribution in [1.82, 2.24) is 20.2 Å². The fraction of sp³-hybridized carbons (Fsp3) is 0.304. The molecule has 0 saturated carbocycles. The second kappa shape index (κ2) is 10.4. The minimum absolute atomic E-state index is 0.117. The number of methoxy groups -OCH3 is 1. The summed E-state index contributed by atoms with van der Waals surface area (Å²) >= 11 is 0. The Hall–Kier alpha value is -3.88. The average molecular weight is 438 g/mol. The summed E-state index contributed by atoms with van der Waals surface area (Å²) in [5.41, 5.74) is 2.06. The number of para-hydroxylation sites is 1. The fourth-order valence-electron chi connectivity index (χ4n) is 3.19. The summed E-state index contributed by atoms with van der Waals surface area (Å²) in [6, 6.07) is 10.5. The molecule has 2 aromatic carbocycles. The van der Waals surface area contributed by atoms with Crippen molar-refractivity contribution in [2.45, 2.75) is 26.9 Å². The normalized spacial score (nSPS) is 10.6. The highest BCUT2D eigenvalue weighted by molar-refractivity contribution is 5.81. The van der Waals surface area contributed by atoms with Crippen LogP contribution in [0, 0.1) is 6.92 Å². The lowest BCUT2D eigenvalue weighted by molar-refractivity contribution is -0.123. The van der Waals surface area contributed by atoms with Crippen molar-refractivity contribution in [1.29, 1.82) is 0 Å². The predicted octanol–water partition coefficient (Wildman–Crippen LogP) is 1.54. The number of aryl methyl sites for hydroxylation is 1. The fourth-order valence-corrected chi connectivity index (χ4v) is 3.19. The molecule has 0 radical (unpaired) electrons. The first-order valence-electron chi connectivity index (χ1n) is 10.2. The van der Waals surface area contributed by atoms with Gasteiger partial charge in [0.2, 0.25) is 5.91 Å². The standard InChI is InChI=1S/C23H26N4O5/c1-4-24-21(29)13-32-18-9-8-16(10-19(18)31-3)11-25-20(28)12-27-14-26-22-15(2)6-5-7-17(22)23(27)30/h5-10,14H,4,11-13H2,1-3H3,(H,24,29)(H,25,28). The molecular formula is C23H26N4O5. The zero-order valence-electron chi connectivity index (χ0n) is 18.3. The number of ether oxygens (including phenoxy) is 2. The molecule has 3 aromatic rings. The lowest BCUT2D eigenvalue weighted by Crippen LogP contribution is -2.32. The molecule has 0 aliphatic rings. The molecule has 9 heteroatoms. The van der Waals surface area contributed by atoms with Gasteiger partial charge in [0.15, 0.2) is 18.1 Å². The van der Waals surface area contributed by atoms with Gasteiger partial charge in [-0.1, -0.05) is 18.2 Å². The van der Waals surface area contributed by atoms with E-state index in [1.165, 1.54) is 18.0 Å². The Morgan fingerprint density at radius 3 is 2.66 bits per heavy atom. The first-order valence-corrected chi connectivity index (χ1v) is 10.2. The van der Waals surface area contributed by atoms with Crippen LogP contribution in [-0.4, -0.2) is 41.6 Å². The molecule has 0 aliphatic heterocycles. The highest BCUT2D eigenvalue weighted by Gasteiger charge is 2.11. The molecule has 0 fully saturated rings. The van der Waals surface area contributed by atoms with Crippen molar-refractivity contribution in [2.75, 3.05) is 20.3 Å². The van der Waals surface area contributed by atoms with E-state index in [4.69, 9.17) is 9.47 Å². The SMILES string of the molecule is CCNC(=O)COc1ccc(CNC(=O)Cn2cnc3c(C)cccc3c2=O)cc1OC. The van der Waals surface area contributed by atoms with Crippen LogP contribution in [-0.2, 0) is 22.7 Å². The van der Waals surface area contributed by atoms with E-state index >= 15 is 0 Å². The Morgan fingerprint density at radius 2 is 1.91 bits per heavy atom. The van der Waals surface area contributed by atoms with Gasteiger partial charge in [-0.05, 0) is 43.2 Å². The van der Waals surface area contributed by atoms with E-state index in [2.05, 4.69) is 15.6 Å². The van der Waals surface area contributed by atoms with Gasteiger partial charge in [-0.3, -0.25) is 19.0 Å². The number of aromatic nitrogens is 2. The number of carbonyl (C=O) groups excluding carboxylic acids is 2. The Balaban J connectivity index is 1.62. The smallest absolute Gasteiger partial charge is 0.261 e. The first-order chi connectivity index (χ1) is 15.4. The van der Waals surface area contributed by atoms with Crippen LogP contribution < -0.4 is 25.7 Å². The lowest BCUT2D eigenvalue weighted by atomic mass is 10.1. The summed E-state index contributed by atoms with van der Waals surface area (Å²) in [6.45, 7) is 4.22. The minimum atomic E-state index is -0.323. The maximum absolute atomic E-state index is 12.6. The molecule has 0 aliphatic carbocycles. The van der Waals surface area contributed by atoms with Crippen LogP contribution in [0.1, 0.15) is 18.1 Å². The van der Waals surface area contributed by atoms with Gasteiger partial charge in [0.25, 0.3) is 11.5 Å². The van der Waals surface area contributed by atoms with Gasteiger partial charge >= 0.3 is 0 Å². The van der Waals surface area contributed by atoms with Crippen LogP contribution in [0.2, 0.25) is 0 Å². The molecular weight excluding hydrogens is 412 g/mol. The number of rotatable bonds is 9. The highest BCUT2D eigenvalue weighted by Crippen LogP contribution is 2.28. The molecule has 0 unspecified atom stereocenters. The molecule has 0 saturated heterocycles. The second-order valence-electron chi connectivity index (χ2n) is 7.15. The van der Waals surface area contributed by atoms with Crippen molar-refractivity contribution in [3.05, 3.63) is 64.2 Å². The number of fused-ring (bicyclic) bond motifs is 1. The molecule has 2 amide bonds. The number of likely N-dealkylation sites (N-methyl/N-ethyl adjacent to an activating group) is 1. The van der Waals surface area contributed by atoms with Gasteiger partial charge in [0, 0.05) is 13.1 Å². The Labute approximate surface area is 185 Å². The number of nitrogens with zero attached hydrogens (tertiary/aromatic N) is 2. The van der Waals surface area contributed by atoms with Gasteiger partial charge in [0.1, 0.15) is 6.54 Å². The van der Waals surface area contributed by atoms with Gasteiger partial charge in [0.05, 0.1) is 24.3 Å². The summed E-state index contributed by atoms with van der Waals surface area (Å²) in [7, 11) is 1.50. The average Bonchev–Trinajstić information content (AvgIpc) is 2.79. The monoisotopic (exact) mass is 438 g/mol. The number of amides is 2. The maximum Gasteiger partial charge on any atom is 0.261 e. The number of carbonyl (C=O) groups is 2. The van der Waals surface area contributed by atoms with Crippen LogP contribution >= 0.6 is 0 Å². The van der Waals surface area contributed by atoms with E-state index in [0.29, 0.717) is 28.9 Å². The molecule has 0 atom stereocenters. The number of hydrogen-bond acceptors (Lipinski definition) is 6. The summed E-state index contributed by atoms with van der Waals surface area (Å²) in [5, 5.41) is 5.92. The largest absolute Gasteiger partial charge is 0.493 e. The van der Waals surface area contributed by atoms with Gasteiger partial charge in [-0.15, -0.1) is 0 Å². The second-order valence-corrected chi connectivity index (χ2v) is 7.15. The lowest BCUT2D eigenvalue weighted by Gasteiger charge is -2.13. The van der Waals surface area contributed by atoms with Crippen LogP contribution in [0.3, 0.4) is 0 Å². The summed E-state index contributed by atoms with van der Waals surface area (Å²) in [5.74, 6) is 0.334. The predicted molar refractivity (Wildman–Crippen MR) is 120 cm³/mol. The highest BCUT2D eigenvalue weighted by atomic mass is 16.5. The molecule has 0 bridgehead atoms. The third-order valence-corrected chi connectivity index (χ3v) is 4.82. The maximum atomic E-state index is 12.6. The Morgan fingerprint density at radius 1 is 1.09 bits per heavy atom. The van der Waals surface area contributed by atoms with Crippen LogP contribution in [0.15, 0.2) is 47.5 Å². The van der Waals surface area contributed by atoms with Crippen molar-refractivity contribution in [3.8, 4) is 11.5 Å². The molecule has 3 rings (SSSR count). The summed E-state index contributed by atoms with van der Waals surface area (Å²) in [4.78, 5) is 40.9. The first kappa shape index (κ1) is 22.8. The van der Waals surface area contributed by atoms with E-state index in [0.717, 1.165) is 11.1 Å². The van der Waals surface area contributed by atoms with Crippen LogP contribution in [0.4, 0.5) is 0 Å². The van der Waals surface area contributed by atoms with E-state index in [-0.39, 0.29) is 37.1 Å². The Bertz CT molecular complexity index is 1190. The van der Waals surface area contributed by atoms with Crippen molar-refractivity contribution in [2.24, 2.45) is 0 Å². The molecule has 32 heavy (non-hydrogen) atoms. The molecule has 9 nitrogen and oxygen atoms in total. The third kappa shape index (κ3) is 5.42. The number of hydrogen-bond donors (Lipinski definition) is 2. The van der Waals surface area contributed by atoms with Crippen molar-refractivity contribution in [3.63, 3.8) is 0 Å². The van der Waals surface area contributed by atoms with E-state index in [1.54, 1.807) is 30.3 Å². The zero-order valence-corrected chi connectivity index (χ0v) is 18.3. The van der Waals surface area contributed by atoms with E-state index in [1.807, 2.05) is 19.9 Å². The summed E-state index contributed by atoms with van der Waals surface area (Å²) in [6.07, 6.45) is 1.39. The minimum Gasteiger partial charge on any atom is -0.493 e. The molecule has 2 N–H and O–H groups in total. The van der Waals surface area contributed by atoms with Gasteiger partial charge < -0.3 is 20.1 Å². The number of nitrogens with one attached hydrogen (secondary N) is 2. The third-order valence-electron chi connectivity index (χ3n) is 4.82. The van der Waals surface area contributed by atoms with Crippen molar-refractivity contribution >= 4 is 22.7 Å². The van der Waals surface area contributed by atoms with Crippen molar-refractivity contribution < 1.29 is 19.1 Å². The molecule has 1 heterocycles. The molecule has 1 aromatic heterocycles. The zero-order chi connectivity index (χ0) is 23.1. The summed E-state index contributed by atoms with van der Waals surface area (Å²) < 4.78 is 12.1. The molecule has 0 spiro atoms. The van der Waals surface area contributed by atoms with E-state index < -0.39 is 0 Å².